The van der Waals surface area contributed by atoms with E-state index in [1.54, 1.807) is 14.1 Å². The monoisotopic (exact) mass is 554 g/mol. The molecule has 216 valence electrons. The van der Waals surface area contributed by atoms with Crippen molar-refractivity contribution in [1.82, 2.24) is 9.80 Å². The Kier molecular flexibility index (Phi) is 6.96. The van der Waals surface area contributed by atoms with Crippen molar-refractivity contribution in [1.29, 1.82) is 0 Å². The van der Waals surface area contributed by atoms with Crippen LogP contribution in [-0.4, -0.2) is 101 Å². The lowest BCUT2D eigenvalue weighted by Crippen LogP contribution is -2.65. The first-order valence-corrected chi connectivity index (χ1v) is 13.7. The molecule has 1 heterocycles. The Morgan fingerprint density at radius 3 is 2.33 bits per heavy atom. The number of anilines is 1. The van der Waals surface area contributed by atoms with Gasteiger partial charge in [0, 0.05) is 43.4 Å². The van der Waals surface area contributed by atoms with Gasteiger partial charge in [0.1, 0.15) is 22.8 Å². The normalized spacial score (nSPS) is 28.9. The molecule has 1 saturated carbocycles. The van der Waals surface area contributed by atoms with Crippen LogP contribution in [0.2, 0.25) is 0 Å². The molecule has 6 N–H and O–H groups in total. The van der Waals surface area contributed by atoms with Crippen molar-refractivity contribution >= 4 is 28.9 Å². The van der Waals surface area contributed by atoms with Crippen LogP contribution in [-0.2, 0) is 27.3 Å². The van der Waals surface area contributed by atoms with E-state index in [1.807, 2.05) is 25.1 Å². The third-order valence-electron chi connectivity index (χ3n) is 9.10. The predicted octanol–water partition coefficient (Wildman–Crippen LogP) is 1.02. The number of fused-ring (bicyclic) bond motifs is 3. The molecular formula is C29H38N4O7. The molecule has 4 aliphatic rings. The van der Waals surface area contributed by atoms with E-state index in [1.165, 1.54) is 4.90 Å². The van der Waals surface area contributed by atoms with E-state index < -0.39 is 58.0 Å². The second kappa shape index (κ2) is 9.90. The molecule has 0 radical (unpaired) electrons. The zero-order valence-corrected chi connectivity index (χ0v) is 23.4. The molecule has 1 amide bonds. The highest BCUT2D eigenvalue weighted by atomic mass is 16.3. The van der Waals surface area contributed by atoms with Crippen molar-refractivity contribution in [3.63, 3.8) is 0 Å². The summed E-state index contributed by atoms with van der Waals surface area (Å²) in [5.41, 5.74) is 4.00. The lowest BCUT2D eigenvalue weighted by molar-refractivity contribution is -0.153. The number of amides is 1. The molecule has 1 aromatic rings. The first-order valence-electron chi connectivity index (χ1n) is 13.7. The lowest BCUT2D eigenvalue weighted by atomic mass is 9.57. The van der Waals surface area contributed by atoms with Crippen LogP contribution in [0, 0.1) is 11.8 Å². The van der Waals surface area contributed by atoms with Gasteiger partial charge in [0.2, 0.25) is 5.78 Å². The van der Waals surface area contributed by atoms with Crippen LogP contribution >= 0.6 is 0 Å². The number of Topliss-reactive ketones (excluding diaryl/α,β-unsaturated/α-hetero) is 2. The molecular weight excluding hydrogens is 516 g/mol. The third kappa shape index (κ3) is 4.02. The summed E-state index contributed by atoms with van der Waals surface area (Å²) < 4.78 is 0. The minimum atomic E-state index is -2.64. The van der Waals surface area contributed by atoms with E-state index in [-0.39, 0.29) is 29.7 Å². The summed E-state index contributed by atoms with van der Waals surface area (Å²) in [6.45, 7) is 2.27. The number of aromatic hydroxyl groups is 1. The van der Waals surface area contributed by atoms with Gasteiger partial charge in [-0.05, 0) is 70.4 Å². The van der Waals surface area contributed by atoms with E-state index in [0.29, 0.717) is 17.7 Å². The van der Waals surface area contributed by atoms with E-state index in [2.05, 4.69) is 4.90 Å². The summed E-state index contributed by atoms with van der Waals surface area (Å²) in [6.07, 6.45) is 3.62. The summed E-state index contributed by atoms with van der Waals surface area (Å²) in [5.74, 6) is -6.38. The number of phenolic OH excluding ortho intramolecular Hbond substituents is 1. The highest BCUT2D eigenvalue weighted by molar-refractivity contribution is 6.24. The van der Waals surface area contributed by atoms with Crippen LogP contribution in [0.5, 0.6) is 5.75 Å². The van der Waals surface area contributed by atoms with Gasteiger partial charge in [-0.2, -0.15) is 0 Å². The second-order valence-corrected chi connectivity index (χ2v) is 11.9. The average molecular weight is 555 g/mol. The molecule has 11 nitrogen and oxygen atoms in total. The van der Waals surface area contributed by atoms with Crippen LogP contribution in [0.3, 0.4) is 0 Å². The largest absolute Gasteiger partial charge is 0.508 e. The Balaban J connectivity index is 1.69. The van der Waals surface area contributed by atoms with Crippen LogP contribution in [0.1, 0.15) is 42.4 Å². The number of hydrogen-bond donors (Lipinski definition) is 5. The molecule has 1 aromatic carbocycles. The minimum absolute atomic E-state index is 0.0644. The Morgan fingerprint density at radius 2 is 1.75 bits per heavy atom. The number of phenols is 1. The molecule has 2 fully saturated rings. The van der Waals surface area contributed by atoms with Crippen LogP contribution in [0.4, 0.5) is 5.69 Å². The number of likely N-dealkylation sites (tertiary alicyclic amines) is 1. The molecule has 0 aromatic heterocycles. The first-order chi connectivity index (χ1) is 18.8. The number of primary amides is 1. The van der Waals surface area contributed by atoms with Gasteiger partial charge in [-0.3, -0.25) is 24.2 Å². The predicted molar refractivity (Wildman–Crippen MR) is 148 cm³/mol. The Hall–Kier alpha value is -3.41. The Bertz CT molecular complexity index is 1360. The molecule has 3 aliphatic carbocycles. The van der Waals surface area contributed by atoms with Gasteiger partial charge in [0.15, 0.2) is 11.4 Å². The van der Waals surface area contributed by atoms with E-state index in [0.717, 1.165) is 38.0 Å². The molecule has 11 heteroatoms. The zero-order chi connectivity index (χ0) is 29.3. The molecule has 0 spiro atoms. The van der Waals surface area contributed by atoms with Crippen LogP contribution < -0.4 is 10.6 Å². The van der Waals surface area contributed by atoms with Gasteiger partial charge in [-0.15, -0.1) is 0 Å². The third-order valence-corrected chi connectivity index (χ3v) is 9.10. The number of piperidine rings is 1. The highest BCUT2D eigenvalue weighted by Crippen LogP contribution is 2.54. The topological polar surface area (TPSA) is 168 Å². The van der Waals surface area contributed by atoms with Gasteiger partial charge in [-0.1, -0.05) is 6.42 Å². The standard InChI is InChI=1S/C29H38N4O7/c1-31(2)18-12-15(13-33-8-6-5-7-9-33)23(34)20-16(18)10-14-11-17-22(32(3)4)25(36)21(28(30)39)27(38)29(17,40)26(37)19(14)24(20)35/h12,14,17,22,34-35,38,40H,5-11,13H2,1-4H3,(H2,30,39)/t14-,17-,22?,29-/m1/s1. The van der Waals surface area contributed by atoms with E-state index >= 15 is 0 Å². The minimum Gasteiger partial charge on any atom is -0.508 e. The number of benzene rings is 1. The molecule has 1 aliphatic heterocycles. The summed E-state index contributed by atoms with van der Waals surface area (Å²) >= 11 is 0. The quantitative estimate of drug-likeness (QED) is 0.331. The van der Waals surface area contributed by atoms with Gasteiger partial charge < -0.3 is 31.1 Å². The smallest absolute Gasteiger partial charge is 0.255 e. The SMILES string of the molecule is CN(C)c1cc(CN2CCCCC2)c(O)c2c1C[C@@H]1C[C@@H]3C(N(C)C)C(=O)C(C(N)=O)=C(O)[C@]3(O)C(=O)C1=C2O. The maximum Gasteiger partial charge on any atom is 0.255 e. The lowest BCUT2D eigenvalue weighted by Gasteiger charge is -2.50. The average Bonchev–Trinajstić information content (AvgIpc) is 2.87. The van der Waals surface area contributed by atoms with Crippen molar-refractivity contribution in [2.45, 2.75) is 50.3 Å². The molecule has 40 heavy (non-hydrogen) atoms. The van der Waals surface area contributed by atoms with Crippen molar-refractivity contribution in [2.24, 2.45) is 17.6 Å². The molecule has 5 rings (SSSR count). The number of carbonyl (C=O) groups is 3. The number of nitrogens with two attached hydrogens (primary N) is 1. The molecule has 1 saturated heterocycles. The summed E-state index contributed by atoms with van der Waals surface area (Å²) in [4.78, 5) is 45.1. The van der Waals surface area contributed by atoms with Crippen molar-refractivity contribution in [3.05, 3.63) is 39.7 Å². The number of carbonyl (C=O) groups excluding carboxylic acids is 3. The first kappa shape index (κ1) is 28.1. The maximum absolute atomic E-state index is 14.1. The van der Waals surface area contributed by atoms with Gasteiger partial charge in [0.25, 0.3) is 5.91 Å². The fraction of sp³-hybridized carbons (Fsp3) is 0.552. The fourth-order valence-electron chi connectivity index (χ4n) is 7.22. The number of aliphatic hydroxyl groups excluding tert-OH is 2. The highest BCUT2D eigenvalue weighted by Gasteiger charge is 2.64. The van der Waals surface area contributed by atoms with Crippen LogP contribution in [0.25, 0.3) is 5.76 Å². The maximum atomic E-state index is 14.1. The number of nitrogens with zero attached hydrogens (tertiary/aromatic N) is 3. The van der Waals surface area contributed by atoms with Crippen molar-refractivity contribution in [3.8, 4) is 5.75 Å². The molecule has 1 unspecified atom stereocenters. The van der Waals surface area contributed by atoms with Crippen molar-refractivity contribution < 1.29 is 34.8 Å². The zero-order valence-electron chi connectivity index (χ0n) is 23.4. The Morgan fingerprint density at radius 1 is 1.10 bits per heavy atom. The summed E-state index contributed by atoms with van der Waals surface area (Å²) in [5, 5.41) is 45.9. The summed E-state index contributed by atoms with van der Waals surface area (Å²) in [6, 6.07) is 0.814. The number of likely N-dealkylation sites (N-methyl/N-ethyl adjacent to an activating group) is 1. The molecule has 4 atom stereocenters. The number of rotatable bonds is 5. The van der Waals surface area contributed by atoms with Gasteiger partial charge in [-0.25, -0.2) is 0 Å². The van der Waals surface area contributed by atoms with Crippen molar-refractivity contribution in [2.75, 3.05) is 46.2 Å². The fourth-order valence-corrected chi connectivity index (χ4v) is 7.22. The van der Waals surface area contributed by atoms with Gasteiger partial charge in [0.05, 0.1) is 11.6 Å². The molecule has 0 bridgehead atoms. The Labute approximate surface area is 233 Å². The number of ketones is 2. The number of aliphatic hydroxyl groups is 3. The van der Waals surface area contributed by atoms with Gasteiger partial charge >= 0.3 is 0 Å². The van der Waals surface area contributed by atoms with E-state index in [4.69, 9.17) is 5.73 Å². The van der Waals surface area contributed by atoms with Crippen LogP contribution in [0.15, 0.2) is 23.0 Å². The number of hydrogen-bond acceptors (Lipinski definition) is 10. The second-order valence-electron chi connectivity index (χ2n) is 11.9. The van der Waals surface area contributed by atoms with E-state index in [9.17, 15) is 34.8 Å². The summed E-state index contributed by atoms with van der Waals surface area (Å²) in [7, 11) is 6.90.